The minimum absolute atomic E-state index is 0.163. The number of hydrogen-bond acceptors (Lipinski definition) is 7. The van der Waals surface area contributed by atoms with Crippen LogP contribution in [0.2, 0.25) is 0 Å². The van der Waals surface area contributed by atoms with Gasteiger partial charge in [-0.1, -0.05) is 6.07 Å². The Kier molecular flexibility index (Phi) is 4.79. The molecule has 1 aliphatic heterocycles. The monoisotopic (exact) mass is 383 g/mol. The van der Waals surface area contributed by atoms with Crippen LogP contribution in [0.3, 0.4) is 0 Å². The summed E-state index contributed by atoms with van der Waals surface area (Å²) in [5, 5.41) is 2.90. The topological polar surface area (TPSA) is 86.1 Å². The number of nitrogens with one attached hydrogen (secondary N) is 1. The quantitative estimate of drug-likeness (QED) is 0.700. The lowest BCUT2D eigenvalue weighted by Gasteiger charge is -2.23. The SMILES string of the molecule is COc1ccc2oc(CNC(=O)[C@@H](c3ccc4c(c3)OCO4)N(C)C)nc2c1. The van der Waals surface area contributed by atoms with Crippen LogP contribution in [-0.2, 0) is 11.3 Å². The van der Waals surface area contributed by atoms with Crippen LogP contribution in [0, 0.1) is 0 Å². The standard InChI is InChI=1S/C20H21N3O5/c1-23(2)19(12-4-6-16-17(8-12)27-11-26-16)20(24)21-10-18-22-14-9-13(25-3)5-7-15(14)28-18/h4-9,19H,10-11H2,1-3H3,(H,21,24)/t19-/m1/s1. The van der Waals surface area contributed by atoms with Gasteiger partial charge in [0.1, 0.15) is 17.3 Å². The molecule has 3 aromatic rings. The number of carbonyl (C=O) groups is 1. The highest BCUT2D eigenvalue weighted by Crippen LogP contribution is 2.35. The highest BCUT2D eigenvalue weighted by Gasteiger charge is 2.25. The Balaban J connectivity index is 1.49. The molecule has 1 aromatic heterocycles. The normalized spacial score (nSPS) is 13.7. The molecule has 0 saturated carbocycles. The van der Waals surface area contributed by atoms with Crippen molar-refractivity contribution < 1.29 is 23.4 Å². The molecule has 0 saturated heterocycles. The lowest BCUT2D eigenvalue weighted by molar-refractivity contribution is -0.126. The molecular formula is C20H21N3O5. The van der Waals surface area contributed by atoms with Gasteiger partial charge in [0, 0.05) is 6.07 Å². The molecule has 1 amide bonds. The zero-order valence-electron chi connectivity index (χ0n) is 15.9. The van der Waals surface area contributed by atoms with Crippen molar-refractivity contribution in [2.75, 3.05) is 28.0 Å². The van der Waals surface area contributed by atoms with Crippen LogP contribution < -0.4 is 19.5 Å². The summed E-state index contributed by atoms with van der Waals surface area (Å²) in [5.41, 5.74) is 2.14. The Labute approximate surface area is 162 Å². The second-order valence-electron chi connectivity index (χ2n) is 6.64. The first-order valence-electron chi connectivity index (χ1n) is 8.82. The summed E-state index contributed by atoms with van der Waals surface area (Å²) in [7, 11) is 5.29. The molecule has 4 rings (SSSR count). The van der Waals surface area contributed by atoms with E-state index in [4.69, 9.17) is 18.6 Å². The summed E-state index contributed by atoms with van der Waals surface area (Å²) in [4.78, 5) is 19.1. The first kappa shape index (κ1) is 18.1. The van der Waals surface area contributed by atoms with Crippen LogP contribution in [0.25, 0.3) is 11.1 Å². The zero-order chi connectivity index (χ0) is 19.7. The molecule has 0 fully saturated rings. The minimum atomic E-state index is -0.487. The van der Waals surface area contributed by atoms with E-state index >= 15 is 0 Å². The fraction of sp³-hybridized carbons (Fsp3) is 0.300. The molecule has 146 valence electrons. The fourth-order valence-corrected chi connectivity index (χ4v) is 3.18. The summed E-state index contributed by atoms with van der Waals surface area (Å²) < 4.78 is 21.6. The molecule has 8 nitrogen and oxygen atoms in total. The van der Waals surface area contributed by atoms with E-state index in [9.17, 15) is 4.79 Å². The largest absolute Gasteiger partial charge is 0.497 e. The number of fused-ring (bicyclic) bond motifs is 2. The van der Waals surface area contributed by atoms with Crippen molar-refractivity contribution in [3.8, 4) is 17.2 Å². The third-order valence-corrected chi connectivity index (χ3v) is 4.53. The smallest absolute Gasteiger partial charge is 0.242 e. The van der Waals surface area contributed by atoms with Crippen molar-refractivity contribution in [1.29, 1.82) is 0 Å². The van der Waals surface area contributed by atoms with E-state index in [0.29, 0.717) is 34.2 Å². The van der Waals surface area contributed by atoms with E-state index < -0.39 is 6.04 Å². The summed E-state index contributed by atoms with van der Waals surface area (Å²) >= 11 is 0. The van der Waals surface area contributed by atoms with Crippen LogP contribution >= 0.6 is 0 Å². The van der Waals surface area contributed by atoms with Crippen molar-refractivity contribution in [1.82, 2.24) is 15.2 Å². The van der Waals surface area contributed by atoms with Crippen LogP contribution in [0.15, 0.2) is 40.8 Å². The molecule has 1 atom stereocenters. The number of oxazole rings is 1. The Morgan fingerprint density at radius 1 is 1.21 bits per heavy atom. The average Bonchev–Trinajstić information content (AvgIpc) is 3.31. The Hall–Kier alpha value is -3.26. The fourth-order valence-electron chi connectivity index (χ4n) is 3.18. The third-order valence-electron chi connectivity index (χ3n) is 4.53. The summed E-state index contributed by atoms with van der Waals surface area (Å²) in [5.74, 6) is 2.30. The number of rotatable bonds is 6. The highest BCUT2D eigenvalue weighted by molar-refractivity contribution is 5.83. The van der Waals surface area contributed by atoms with Gasteiger partial charge in [-0.3, -0.25) is 9.69 Å². The number of hydrogen-bond donors (Lipinski definition) is 1. The predicted octanol–water partition coefficient (Wildman–Crippen LogP) is 2.48. The van der Waals surface area contributed by atoms with Gasteiger partial charge in [0.25, 0.3) is 0 Å². The lowest BCUT2D eigenvalue weighted by atomic mass is 10.0. The van der Waals surface area contributed by atoms with E-state index in [0.717, 1.165) is 5.56 Å². The summed E-state index contributed by atoms with van der Waals surface area (Å²) in [6, 6.07) is 10.4. The van der Waals surface area contributed by atoms with Gasteiger partial charge in [0.05, 0.1) is 13.7 Å². The van der Waals surface area contributed by atoms with E-state index in [1.54, 1.807) is 25.3 Å². The Bertz CT molecular complexity index is 1010. The van der Waals surface area contributed by atoms with Gasteiger partial charge >= 0.3 is 0 Å². The molecule has 1 N–H and O–H groups in total. The molecule has 28 heavy (non-hydrogen) atoms. The van der Waals surface area contributed by atoms with Crippen LogP contribution in [0.5, 0.6) is 17.2 Å². The highest BCUT2D eigenvalue weighted by atomic mass is 16.7. The van der Waals surface area contributed by atoms with Crippen LogP contribution in [-0.4, -0.2) is 43.8 Å². The van der Waals surface area contributed by atoms with Crippen molar-refractivity contribution >= 4 is 17.0 Å². The zero-order valence-corrected chi connectivity index (χ0v) is 15.9. The lowest BCUT2D eigenvalue weighted by Crippen LogP contribution is -2.36. The van der Waals surface area contributed by atoms with Crippen molar-refractivity contribution in [3.63, 3.8) is 0 Å². The molecule has 0 spiro atoms. The first-order valence-corrected chi connectivity index (χ1v) is 8.82. The molecule has 2 aromatic carbocycles. The summed E-state index contributed by atoms with van der Waals surface area (Å²) in [6.45, 7) is 0.380. The number of benzene rings is 2. The third kappa shape index (κ3) is 3.46. The van der Waals surface area contributed by atoms with Gasteiger partial charge in [-0.2, -0.15) is 0 Å². The van der Waals surface area contributed by atoms with Gasteiger partial charge < -0.3 is 23.9 Å². The molecular weight excluding hydrogens is 362 g/mol. The van der Waals surface area contributed by atoms with E-state index in [-0.39, 0.29) is 19.2 Å². The van der Waals surface area contributed by atoms with Crippen molar-refractivity contribution in [2.24, 2.45) is 0 Å². The summed E-state index contributed by atoms with van der Waals surface area (Å²) in [6.07, 6.45) is 0. The number of nitrogens with zero attached hydrogens (tertiary/aromatic N) is 2. The predicted molar refractivity (Wildman–Crippen MR) is 101 cm³/mol. The number of amides is 1. The molecule has 8 heteroatoms. The maximum atomic E-state index is 12.9. The number of carbonyl (C=O) groups excluding carboxylic acids is 1. The van der Waals surface area contributed by atoms with Crippen molar-refractivity contribution in [2.45, 2.75) is 12.6 Å². The Morgan fingerprint density at radius 2 is 2.04 bits per heavy atom. The van der Waals surface area contributed by atoms with E-state index in [1.807, 2.05) is 37.2 Å². The second-order valence-corrected chi connectivity index (χ2v) is 6.64. The first-order chi connectivity index (χ1) is 13.5. The molecule has 1 aliphatic rings. The van der Waals surface area contributed by atoms with Gasteiger partial charge in [-0.05, 0) is 43.9 Å². The maximum absolute atomic E-state index is 12.9. The van der Waals surface area contributed by atoms with Crippen molar-refractivity contribution in [3.05, 3.63) is 47.9 Å². The number of aromatic nitrogens is 1. The number of ether oxygens (including phenoxy) is 3. The average molecular weight is 383 g/mol. The molecule has 0 radical (unpaired) electrons. The van der Waals surface area contributed by atoms with Gasteiger partial charge in [-0.15, -0.1) is 0 Å². The van der Waals surface area contributed by atoms with E-state index in [2.05, 4.69) is 10.3 Å². The molecule has 0 bridgehead atoms. The van der Waals surface area contributed by atoms with Gasteiger partial charge in [-0.25, -0.2) is 4.98 Å². The Morgan fingerprint density at radius 3 is 2.82 bits per heavy atom. The van der Waals surface area contributed by atoms with Gasteiger partial charge in [0.15, 0.2) is 17.1 Å². The second kappa shape index (κ2) is 7.40. The van der Waals surface area contributed by atoms with Crippen LogP contribution in [0.1, 0.15) is 17.5 Å². The van der Waals surface area contributed by atoms with E-state index in [1.165, 1.54) is 0 Å². The number of methoxy groups -OCH3 is 1. The van der Waals surface area contributed by atoms with Gasteiger partial charge in [0.2, 0.25) is 18.6 Å². The maximum Gasteiger partial charge on any atom is 0.242 e. The minimum Gasteiger partial charge on any atom is -0.497 e. The molecule has 0 unspecified atom stereocenters. The molecule has 0 aliphatic carbocycles. The van der Waals surface area contributed by atoms with Crippen LogP contribution in [0.4, 0.5) is 0 Å². The molecule has 2 heterocycles. The number of likely N-dealkylation sites (N-methyl/N-ethyl adjacent to an activating group) is 1.